The summed E-state index contributed by atoms with van der Waals surface area (Å²) < 4.78 is 18.6. The van der Waals surface area contributed by atoms with E-state index in [4.69, 9.17) is 4.74 Å². The Kier molecular flexibility index (Phi) is 4.87. The van der Waals surface area contributed by atoms with Crippen LogP contribution in [0.2, 0.25) is 0 Å². The number of hydrogen-bond acceptors (Lipinski definition) is 3. The molecule has 0 N–H and O–H groups in total. The van der Waals surface area contributed by atoms with Gasteiger partial charge in [-0.3, -0.25) is 9.78 Å². The first-order valence-electron chi connectivity index (χ1n) is 6.62. The van der Waals surface area contributed by atoms with Gasteiger partial charge in [0, 0.05) is 32.1 Å². The van der Waals surface area contributed by atoms with E-state index in [0.717, 1.165) is 5.56 Å². The van der Waals surface area contributed by atoms with Gasteiger partial charge in [0.15, 0.2) is 6.10 Å². The van der Waals surface area contributed by atoms with Crippen LogP contribution in [0.15, 0.2) is 48.8 Å². The van der Waals surface area contributed by atoms with Crippen LogP contribution < -0.4 is 4.74 Å². The fraction of sp³-hybridized carbons (Fsp3) is 0.250. The zero-order valence-electron chi connectivity index (χ0n) is 12.0. The van der Waals surface area contributed by atoms with E-state index in [2.05, 4.69) is 4.98 Å². The maximum atomic E-state index is 13.1. The predicted octanol–water partition coefficient (Wildman–Crippen LogP) is 2.65. The molecular formula is C16H17FN2O2. The van der Waals surface area contributed by atoms with Crippen LogP contribution in [0.4, 0.5) is 4.39 Å². The van der Waals surface area contributed by atoms with E-state index in [1.165, 1.54) is 12.1 Å². The second kappa shape index (κ2) is 6.83. The van der Waals surface area contributed by atoms with Gasteiger partial charge in [-0.2, -0.15) is 0 Å². The van der Waals surface area contributed by atoms with Crippen LogP contribution in [0, 0.1) is 5.82 Å². The van der Waals surface area contributed by atoms with Gasteiger partial charge in [-0.25, -0.2) is 4.39 Å². The number of hydrogen-bond donors (Lipinski definition) is 0. The third-order valence-corrected chi connectivity index (χ3v) is 2.98. The fourth-order valence-electron chi connectivity index (χ4n) is 1.95. The van der Waals surface area contributed by atoms with Gasteiger partial charge in [0.05, 0.1) is 0 Å². The first-order valence-corrected chi connectivity index (χ1v) is 6.62. The maximum absolute atomic E-state index is 13.1. The number of aromatic nitrogens is 1. The van der Waals surface area contributed by atoms with Gasteiger partial charge < -0.3 is 9.64 Å². The zero-order valence-corrected chi connectivity index (χ0v) is 12.0. The SMILES string of the molecule is C[C@@H](Oc1cccc(F)c1)C(=O)N(C)Cc1cccnc1. The summed E-state index contributed by atoms with van der Waals surface area (Å²) in [6.07, 6.45) is 2.71. The highest BCUT2D eigenvalue weighted by Crippen LogP contribution is 2.15. The van der Waals surface area contributed by atoms with E-state index in [-0.39, 0.29) is 5.91 Å². The quantitative estimate of drug-likeness (QED) is 0.849. The van der Waals surface area contributed by atoms with Crippen LogP contribution in [-0.2, 0) is 11.3 Å². The van der Waals surface area contributed by atoms with Gasteiger partial charge in [0.25, 0.3) is 5.91 Å². The molecule has 21 heavy (non-hydrogen) atoms. The van der Waals surface area contributed by atoms with E-state index >= 15 is 0 Å². The van der Waals surface area contributed by atoms with Crippen LogP contribution in [0.3, 0.4) is 0 Å². The van der Waals surface area contributed by atoms with E-state index in [9.17, 15) is 9.18 Å². The topological polar surface area (TPSA) is 42.4 Å². The molecule has 110 valence electrons. The number of carbonyl (C=O) groups excluding carboxylic acids is 1. The molecule has 1 heterocycles. The minimum atomic E-state index is -0.687. The first kappa shape index (κ1) is 15.0. The molecule has 1 atom stereocenters. The number of nitrogens with zero attached hydrogens (tertiary/aromatic N) is 2. The minimum absolute atomic E-state index is 0.178. The molecule has 1 amide bonds. The third-order valence-electron chi connectivity index (χ3n) is 2.98. The number of ether oxygens (including phenoxy) is 1. The Bertz CT molecular complexity index is 604. The number of rotatable bonds is 5. The minimum Gasteiger partial charge on any atom is -0.481 e. The standard InChI is InChI=1S/C16H17FN2O2/c1-12(21-15-7-3-6-14(17)9-15)16(20)19(2)11-13-5-4-8-18-10-13/h3-10,12H,11H2,1-2H3/t12-/m1/s1. The highest BCUT2D eigenvalue weighted by Gasteiger charge is 2.19. The third kappa shape index (κ3) is 4.27. The Morgan fingerprint density at radius 1 is 1.38 bits per heavy atom. The van der Waals surface area contributed by atoms with Crippen LogP contribution in [-0.4, -0.2) is 28.9 Å². The van der Waals surface area contributed by atoms with Crippen molar-refractivity contribution in [3.8, 4) is 5.75 Å². The summed E-state index contributed by atoms with van der Waals surface area (Å²) in [5, 5.41) is 0. The normalized spacial score (nSPS) is 11.8. The van der Waals surface area contributed by atoms with Gasteiger partial charge >= 0.3 is 0 Å². The van der Waals surface area contributed by atoms with Crippen molar-refractivity contribution in [1.82, 2.24) is 9.88 Å². The number of carbonyl (C=O) groups is 1. The molecule has 0 saturated carbocycles. The fourth-order valence-corrected chi connectivity index (χ4v) is 1.95. The number of likely N-dealkylation sites (N-methyl/N-ethyl adjacent to an activating group) is 1. The molecule has 0 fully saturated rings. The predicted molar refractivity (Wildman–Crippen MR) is 77.2 cm³/mol. The monoisotopic (exact) mass is 288 g/mol. The molecule has 0 unspecified atom stereocenters. The summed E-state index contributed by atoms with van der Waals surface area (Å²) in [4.78, 5) is 17.8. The second-order valence-corrected chi connectivity index (χ2v) is 4.77. The van der Waals surface area contributed by atoms with Crippen molar-refractivity contribution >= 4 is 5.91 Å². The highest BCUT2D eigenvalue weighted by molar-refractivity contribution is 5.80. The molecule has 4 nitrogen and oxygen atoms in total. The molecule has 0 aliphatic carbocycles. The molecule has 0 aliphatic rings. The van der Waals surface area contributed by atoms with E-state index in [0.29, 0.717) is 12.3 Å². The van der Waals surface area contributed by atoms with Gasteiger partial charge in [-0.15, -0.1) is 0 Å². The van der Waals surface area contributed by atoms with Crippen molar-refractivity contribution in [3.63, 3.8) is 0 Å². The van der Waals surface area contributed by atoms with Crippen molar-refractivity contribution in [1.29, 1.82) is 0 Å². The number of benzene rings is 1. The lowest BCUT2D eigenvalue weighted by Gasteiger charge is -2.22. The summed E-state index contributed by atoms with van der Waals surface area (Å²) in [6.45, 7) is 2.09. The molecule has 0 saturated heterocycles. The first-order chi connectivity index (χ1) is 10.1. The van der Waals surface area contributed by atoms with Gasteiger partial charge in [-0.1, -0.05) is 12.1 Å². The average Bonchev–Trinajstić information content (AvgIpc) is 2.47. The number of halogens is 1. The Hall–Kier alpha value is -2.43. The lowest BCUT2D eigenvalue weighted by molar-refractivity contribution is -0.137. The summed E-state index contributed by atoms with van der Waals surface area (Å²) in [7, 11) is 1.70. The molecule has 0 radical (unpaired) electrons. The largest absolute Gasteiger partial charge is 0.481 e. The molecule has 2 aromatic rings. The highest BCUT2D eigenvalue weighted by atomic mass is 19.1. The molecule has 2 rings (SSSR count). The van der Waals surface area contributed by atoms with E-state index < -0.39 is 11.9 Å². The zero-order chi connectivity index (χ0) is 15.2. The van der Waals surface area contributed by atoms with Crippen LogP contribution in [0.25, 0.3) is 0 Å². The van der Waals surface area contributed by atoms with Crippen molar-refractivity contribution < 1.29 is 13.9 Å². The van der Waals surface area contributed by atoms with Crippen molar-refractivity contribution in [2.75, 3.05) is 7.05 Å². The molecule has 0 aliphatic heterocycles. The van der Waals surface area contributed by atoms with Crippen molar-refractivity contribution in [2.24, 2.45) is 0 Å². The number of amides is 1. The van der Waals surface area contributed by atoms with E-state index in [1.807, 2.05) is 12.1 Å². The van der Waals surface area contributed by atoms with Gasteiger partial charge in [-0.05, 0) is 30.7 Å². The average molecular weight is 288 g/mol. The summed E-state index contributed by atoms with van der Waals surface area (Å²) in [6, 6.07) is 9.46. The molecular weight excluding hydrogens is 271 g/mol. The van der Waals surface area contributed by atoms with Crippen molar-refractivity contribution in [2.45, 2.75) is 19.6 Å². The number of pyridine rings is 1. The van der Waals surface area contributed by atoms with Gasteiger partial charge in [0.1, 0.15) is 11.6 Å². The Morgan fingerprint density at radius 3 is 2.86 bits per heavy atom. The smallest absolute Gasteiger partial charge is 0.263 e. The van der Waals surface area contributed by atoms with E-state index in [1.54, 1.807) is 43.4 Å². The van der Waals surface area contributed by atoms with Crippen LogP contribution >= 0.6 is 0 Å². The summed E-state index contributed by atoms with van der Waals surface area (Å²) >= 11 is 0. The maximum Gasteiger partial charge on any atom is 0.263 e. The van der Waals surface area contributed by atoms with Gasteiger partial charge in [0.2, 0.25) is 0 Å². The molecule has 1 aromatic carbocycles. The second-order valence-electron chi connectivity index (χ2n) is 4.77. The summed E-state index contributed by atoms with van der Waals surface area (Å²) in [5.74, 6) is -0.232. The van der Waals surface area contributed by atoms with Crippen LogP contribution in [0.1, 0.15) is 12.5 Å². The molecule has 5 heteroatoms. The molecule has 0 spiro atoms. The Morgan fingerprint density at radius 2 is 2.19 bits per heavy atom. The molecule has 1 aromatic heterocycles. The Labute approximate surface area is 123 Å². The lowest BCUT2D eigenvalue weighted by Crippen LogP contribution is -2.37. The molecule has 0 bridgehead atoms. The van der Waals surface area contributed by atoms with Crippen LogP contribution in [0.5, 0.6) is 5.75 Å². The summed E-state index contributed by atoms with van der Waals surface area (Å²) in [5.41, 5.74) is 0.936. The lowest BCUT2D eigenvalue weighted by atomic mass is 10.2. The Balaban J connectivity index is 1.95. The van der Waals surface area contributed by atoms with Crippen molar-refractivity contribution in [3.05, 3.63) is 60.2 Å².